The van der Waals surface area contributed by atoms with Gasteiger partial charge in [0.1, 0.15) is 0 Å². The van der Waals surface area contributed by atoms with Gasteiger partial charge in [0.25, 0.3) is 12.0 Å². The van der Waals surface area contributed by atoms with E-state index in [1.165, 1.54) is 6.20 Å². The number of pyridine rings is 1. The fraction of sp³-hybridized carbons (Fsp3) is 0.375. The Bertz CT molecular complexity index is 403. The van der Waals surface area contributed by atoms with E-state index in [1.807, 2.05) is 0 Å². The number of nitrogens with two attached hydrogens (primary N) is 1. The highest BCUT2D eigenvalue weighted by Crippen LogP contribution is 2.17. The number of nitrogen functional groups attached to an aromatic ring is 1. The molecule has 78 valence electrons. The summed E-state index contributed by atoms with van der Waals surface area (Å²) in [5.74, 6) is 0. The number of halogens is 3. The van der Waals surface area contributed by atoms with Gasteiger partial charge in [0.2, 0.25) is 0 Å². The van der Waals surface area contributed by atoms with E-state index in [-0.39, 0.29) is 4.47 Å². The molecule has 0 amide bonds. The van der Waals surface area contributed by atoms with E-state index in [9.17, 15) is 13.6 Å². The van der Waals surface area contributed by atoms with E-state index in [0.717, 1.165) is 4.57 Å². The summed E-state index contributed by atoms with van der Waals surface area (Å²) in [6.45, 7) is 1.01. The second-order valence-electron chi connectivity index (χ2n) is 2.87. The zero-order valence-corrected chi connectivity index (χ0v) is 9.01. The lowest BCUT2D eigenvalue weighted by Gasteiger charge is -2.09. The van der Waals surface area contributed by atoms with Crippen LogP contribution in [0.2, 0.25) is 0 Å². The number of anilines is 1. The molecule has 0 saturated heterocycles. The number of rotatable bonds is 2. The molecule has 0 aliphatic carbocycles. The van der Waals surface area contributed by atoms with Crippen molar-refractivity contribution in [3.05, 3.63) is 26.6 Å². The third-order valence-electron chi connectivity index (χ3n) is 1.84. The first kappa shape index (κ1) is 11.2. The zero-order chi connectivity index (χ0) is 10.9. The molecule has 1 rings (SSSR count). The van der Waals surface area contributed by atoms with Crippen LogP contribution >= 0.6 is 15.9 Å². The fourth-order valence-corrected chi connectivity index (χ4v) is 1.48. The molecule has 0 fully saturated rings. The molecule has 0 unspecified atom stereocenters. The van der Waals surface area contributed by atoms with Crippen molar-refractivity contribution in [1.29, 1.82) is 0 Å². The number of aromatic nitrogens is 1. The lowest BCUT2D eigenvalue weighted by molar-refractivity contribution is 0.125. The summed E-state index contributed by atoms with van der Waals surface area (Å²) in [5, 5.41) is 0. The molecule has 0 atom stereocenters. The van der Waals surface area contributed by atoms with Crippen molar-refractivity contribution >= 4 is 21.6 Å². The molecule has 0 saturated carbocycles. The van der Waals surface area contributed by atoms with Crippen molar-refractivity contribution in [1.82, 2.24) is 4.57 Å². The quantitative estimate of drug-likeness (QED) is 0.887. The van der Waals surface area contributed by atoms with Gasteiger partial charge in [-0.05, 0) is 28.4 Å². The normalized spacial score (nSPS) is 10.9. The molecular weight excluding hydrogens is 258 g/mol. The van der Waals surface area contributed by atoms with Gasteiger partial charge in [0.05, 0.1) is 16.7 Å². The second-order valence-corrected chi connectivity index (χ2v) is 3.67. The van der Waals surface area contributed by atoms with Crippen LogP contribution in [0.4, 0.5) is 14.5 Å². The predicted octanol–water partition coefficient (Wildman–Crippen LogP) is 1.77. The Hall–Kier alpha value is -0.910. The van der Waals surface area contributed by atoms with Crippen molar-refractivity contribution < 1.29 is 8.78 Å². The van der Waals surface area contributed by atoms with Crippen LogP contribution < -0.4 is 11.3 Å². The summed E-state index contributed by atoms with van der Waals surface area (Å²) in [7, 11) is 0. The van der Waals surface area contributed by atoms with Crippen LogP contribution in [0, 0.1) is 6.92 Å². The molecule has 0 aliphatic rings. The lowest BCUT2D eigenvalue weighted by atomic mass is 10.2. The molecule has 0 radical (unpaired) electrons. The Labute approximate surface area is 87.7 Å². The topological polar surface area (TPSA) is 48.0 Å². The van der Waals surface area contributed by atoms with Gasteiger partial charge in [0, 0.05) is 6.20 Å². The summed E-state index contributed by atoms with van der Waals surface area (Å²) in [4.78, 5) is 11.4. The Kier molecular flexibility index (Phi) is 3.25. The first-order chi connectivity index (χ1) is 6.43. The summed E-state index contributed by atoms with van der Waals surface area (Å²) < 4.78 is 25.2. The average Bonchev–Trinajstić information content (AvgIpc) is 2.10. The molecule has 1 aromatic rings. The Morgan fingerprint density at radius 3 is 2.71 bits per heavy atom. The van der Waals surface area contributed by atoms with E-state index in [2.05, 4.69) is 15.9 Å². The molecule has 14 heavy (non-hydrogen) atoms. The molecule has 0 aliphatic heterocycles. The standard InChI is InChI=1S/C8H9BrF2N2O/c1-4-5(12)2-13(3-6(10)11)8(14)7(4)9/h2,6H,3,12H2,1H3. The molecule has 0 aromatic carbocycles. The van der Waals surface area contributed by atoms with Crippen LogP contribution in [0.5, 0.6) is 0 Å². The third kappa shape index (κ3) is 2.12. The number of hydrogen-bond acceptors (Lipinski definition) is 2. The number of alkyl halides is 2. The predicted molar refractivity (Wildman–Crippen MR) is 53.6 cm³/mol. The van der Waals surface area contributed by atoms with E-state index in [1.54, 1.807) is 6.92 Å². The third-order valence-corrected chi connectivity index (χ3v) is 2.77. The second kappa shape index (κ2) is 4.08. The highest BCUT2D eigenvalue weighted by atomic mass is 79.9. The van der Waals surface area contributed by atoms with Crippen LogP contribution in [0.25, 0.3) is 0 Å². The molecular formula is C8H9BrF2N2O. The lowest BCUT2D eigenvalue weighted by Crippen LogP contribution is -2.25. The molecule has 6 heteroatoms. The summed E-state index contributed by atoms with van der Waals surface area (Å²) >= 11 is 3.01. The smallest absolute Gasteiger partial charge is 0.265 e. The van der Waals surface area contributed by atoms with Crippen LogP contribution in [0.3, 0.4) is 0 Å². The molecule has 1 aromatic heterocycles. The minimum absolute atomic E-state index is 0.234. The van der Waals surface area contributed by atoms with Crippen LogP contribution in [-0.2, 0) is 6.54 Å². The maximum absolute atomic E-state index is 12.0. The molecule has 1 heterocycles. The minimum Gasteiger partial charge on any atom is -0.397 e. The van der Waals surface area contributed by atoms with Crippen molar-refractivity contribution in [2.45, 2.75) is 19.9 Å². The Balaban J connectivity index is 3.27. The highest BCUT2D eigenvalue weighted by molar-refractivity contribution is 9.10. The minimum atomic E-state index is -2.57. The largest absolute Gasteiger partial charge is 0.397 e. The van der Waals surface area contributed by atoms with Crippen LogP contribution in [0.1, 0.15) is 5.56 Å². The van der Waals surface area contributed by atoms with Gasteiger partial charge < -0.3 is 10.3 Å². The molecule has 2 N–H and O–H groups in total. The van der Waals surface area contributed by atoms with Crippen molar-refractivity contribution in [2.24, 2.45) is 0 Å². The van der Waals surface area contributed by atoms with Crippen molar-refractivity contribution in [3.63, 3.8) is 0 Å². The molecule has 3 nitrogen and oxygen atoms in total. The zero-order valence-electron chi connectivity index (χ0n) is 7.43. The average molecular weight is 267 g/mol. The maximum Gasteiger partial charge on any atom is 0.265 e. The van der Waals surface area contributed by atoms with Gasteiger partial charge in [-0.1, -0.05) is 0 Å². The Morgan fingerprint density at radius 1 is 1.64 bits per heavy atom. The first-order valence-electron chi connectivity index (χ1n) is 3.86. The molecule has 0 spiro atoms. The van der Waals surface area contributed by atoms with Gasteiger partial charge in [-0.25, -0.2) is 8.78 Å². The summed E-state index contributed by atoms with van der Waals surface area (Å²) in [6.07, 6.45) is -1.34. The monoisotopic (exact) mass is 266 g/mol. The Morgan fingerprint density at radius 2 is 2.21 bits per heavy atom. The van der Waals surface area contributed by atoms with Crippen molar-refractivity contribution in [2.75, 3.05) is 5.73 Å². The maximum atomic E-state index is 12.0. The highest BCUT2D eigenvalue weighted by Gasteiger charge is 2.11. The van der Waals surface area contributed by atoms with Crippen LogP contribution in [-0.4, -0.2) is 11.0 Å². The van der Waals surface area contributed by atoms with Crippen LogP contribution in [0.15, 0.2) is 15.5 Å². The SMILES string of the molecule is Cc1c(N)cn(CC(F)F)c(=O)c1Br. The van der Waals surface area contributed by atoms with E-state index in [0.29, 0.717) is 11.3 Å². The number of nitrogens with zero attached hydrogens (tertiary/aromatic N) is 1. The van der Waals surface area contributed by atoms with Gasteiger partial charge >= 0.3 is 0 Å². The van der Waals surface area contributed by atoms with E-state index < -0.39 is 18.5 Å². The van der Waals surface area contributed by atoms with Gasteiger partial charge in [0.15, 0.2) is 0 Å². The van der Waals surface area contributed by atoms with Gasteiger partial charge in [-0.3, -0.25) is 4.79 Å². The summed E-state index contributed by atoms with van der Waals surface area (Å²) in [6, 6.07) is 0. The summed E-state index contributed by atoms with van der Waals surface area (Å²) in [5.41, 5.74) is 5.93. The van der Waals surface area contributed by atoms with E-state index >= 15 is 0 Å². The molecule has 0 bridgehead atoms. The van der Waals surface area contributed by atoms with E-state index in [4.69, 9.17) is 5.73 Å². The number of hydrogen-bond donors (Lipinski definition) is 1. The van der Waals surface area contributed by atoms with Gasteiger partial charge in [-0.2, -0.15) is 0 Å². The first-order valence-corrected chi connectivity index (χ1v) is 4.66. The fourth-order valence-electron chi connectivity index (χ4n) is 1.02. The van der Waals surface area contributed by atoms with Crippen molar-refractivity contribution in [3.8, 4) is 0 Å². The van der Waals surface area contributed by atoms with Gasteiger partial charge in [-0.15, -0.1) is 0 Å².